The number of hydrogen-bond donors (Lipinski definition) is 2. The van der Waals surface area contributed by atoms with E-state index in [9.17, 15) is 9.00 Å². The van der Waals surface area contributed by atoms with Gasteiger partial charge in [-0.25, -0.2) is 0 Å². The highest BCUT2D eigenvalue weighted by molar-refractivity contribution is 7.85. The summed E-state index contributed by atoms with van der Waals surface area (Å²) in [5, 5.41) is 6.50. The fourth-order valence-corrected chi connectivity index (χ4v) is 4.23. The summed E-state index contributed by atoms with van der Waals surface area (Å²) < 4.78 is 11.3. The predicted octanol–water partition coefficient (Wildman–Crippen LogP) is 0.649. The van der Waals surface area contributed by atoms with Gasteiger partial charge in [0, 0.05) is 34.9 Å². The minimum absolute atomic E-state index is 0.195. The molecule has 1 unspecified atom stereocenters. The minimum atomic E-state index is -0.661. The van der Waals surface area contributed by atoms with Crippen LogP contribution in [0.4, 0.5) is 0 Å². The van der Waals surface area contributed by atoms with Crippen LogP contribution in [-0.2, 0) is 15.6 Å². The Labute approximate surface area is 112 Å². The molecule has 104 valence electrons. The Kier molecular flexibility index (Phi) is 4.43. The van der Waals surface area contributed by atoms with E-state index >= 15 is 0 Å². The Bertz CT molecular complexity index is 328. The van der Waals surface area contributed by atoms with E-state index in [1.54, 1.807) is 0 Å². The smallest absolute Gasteiger partial charge is 0.228 e. The molecule has 2 rings (SSSR count). The zero-order valence-electron chi connectivity index (χ0n) is 11.3. The van der Waals surface area contributed by atoms with E-state index in [4.69, 9.17) is 0 Å². The van der Waals surface area contributed by atoms with Crippen LogP contribution in [0.5, 0.6) is 0 Å². The maximum absolute atomic E-state index is 12.5. The van der Waals surface area contributed by atoms with Crippen LogP contribution in [0.15, 0.2) is 0 Å². The van der Waals surface area contributed by atoms with Crippen molar-refractivity contribution in [2.75, 3.05) is 24.6 Å². The zero-order valence-corrected chi connectivity index (χ0v) is 12.1. The van der Waals surface area contributed by atoms with Crippen molar-refractivity contribution in [2.45, 2.75) is 39.2 Å². The second kappa shape index (κ2) is 5.70. The Balaban J connectivity index is 1.96. The molecule has 0 aliphatic carbocycles. The number of rotatable bonds is 3. The van der Waals surface area contributed by atoms with Gasteiger partial charge in [0.2, 0.25) is 5.91 Å². The quantitative estimate of drug-likeness (QED) is 0.793. The normalized spacial score (nSPS) is 36.8. The molecule has 1 amide bonds. The molecule has 2 aliphatic rings. The number of amides is 1. The van der Waals surface area contributed by atoms with Crippen molar-refractivity contribution in [3.8, 4) is 0 Å². The third-order valence-electron chi connectivity index (χ3n) is 4.47. The molecule has 0 saturated carbocycles. The van der Waals surface area contributed by atoms with Gasteiger partial charge in [0.1, 0.15) is 0 Å². The molecule has 2 aliphatic heterocycles. The molecule has 2 fully saturated rings. The Morgan fingerprint density at radius 3 is 2.56 bits per heavy atom. The molecule has 0 radical (unpaired) electrons. The van der Waals surface area contributed by atoms with Crippen LogP contribution in [0.25, 0.3) is 0 Å². The molecule has 0 aromatic rings. The van der Waals surface area contributed by atoms with Gasteiger partial charge in [-0.2, -0.15) is 0 Å². The average Bonchev–Trinajstić information content (AvgIpc) is 2.82. The third kappa shape index (κ3) is 2.77. The van der Waals surface area contributed by atoms with Crippen LogP contribution < -0.4 is 10.6 Å². The van der Waals surface area contributed by atoms with Crippen LogP contribution in [-0.4, -0.2) is 40.8 Å². The summed E-state index contributed by atoms with van der Waals surface area (Å²) in [6, 6.07) is 0.228. The van der Waals surface area contributed by atoms with Gasteiger partial charge in [0.05, 0.1) is 5.41 Å². The minimum Gasteiger partial charge on any atom is -0.353 e. The third-order valence-corrected chi connectivity index (χ3v) is 5.85. The first kappa shape index (κ1) is 14.0. The highest BCUT2D eigenvalue weighted by Gasteiger charge is 2.44. The maximum Gasteiger partial charge on any atom is 0.228 e. The first-order valence-corrected chi connectivity index (χ1v) is 8.40. The Morgan fingerprint density at radius 1 is 1.39 bits per heavy atom. The number of carbonyl (C=O) groups excluding carboxylic acids is 1. The first-order valence-electron chi connectivity index (χ1n) is 6.91. The van der Waals surface area contributed by atoms with E-state index in [-0.39, 0.29) is 17.4 Å². The van der Waals surface area contributed by atoms with E-state index in [1.807, 2.05) is 0 Å². The van der Waals surface area contributed by atoms with Gasteiger partial charge < -0.3 is 10.6 Å². The SMILES string of the molecule is CC(C)C1(C(=O)NC2CCS(=O)CC2)CCNC1. The summed E-state index contributed by atoms with van der Waals surface area (Å²) in [7, 11) is -0.661. The maximum atomic E-state index is 12.5. The van der Waals surface area contributed by atoms with Gasteiger partial charge in [-0.1, -0.05) is 13.8 Å². The molecule has 2 N–H and O–H groups in total. The van der Waals surface area contributed by atoms with Crippen molar-refractivity contribution in [3.05, 3.63) is 0 Å². The van der Waals surface area contributed by atoms with Crippen molar-refractivity contribution >= 4 is 16.7 Å². The van der Waals surface area contributed by atoms with Gasteiger partial charge in [0.25, 0.3) is 0 Å². The first-order chi connectivity index (χ1) is 8.54. The molecular formula is C13H24N2O2S. The Morgan fingerprint density at radius 2 is 2.06 bits per heavy atom. The fraction of sp³-hybridized carbons (Fsp3) is 0.923. The van der Waals surface area contributed by atoms with Gasteiger partial charge in [-0.05, 0) is 31.7 Å². The number of hydrogen-bond acceptors (Lipinski definition) is 3. The molecule has 18 heavy (non-hydrogen) atoms. The van der Waals surface area contributed by atoms with Crippen molar-refractivity contribution in [3.63, 3.8) is 0 Å². The van der Waals surface area contributed by atoms with Crippen molar-refractivity contribution < 1.29 is 9.00 Å². The second-order valence-corrected chi connectivity index (χ2v) is 7.53. The van der Waals surface area contributed by atoms with Crippen LogP contribution >= 0.6 is 0 Å². The molecule has 4 nitrogen and oxygen atoms in total. The summed E-state index contributed by atoms with van der Waals surface area (Å²) >= 11 is 0. The van der Waals surface area contributed by atoms with E-state index in [0.29, 0.717) is 5.92 Å². The zero-order chi connectivity index (χ0) is 13.2. The van der Waals surface area contributed by atoms with E-state index in [2.05, 4.69) is 24.5 Å². The van der Waals surface area contributed by atoms with E-state index in [0.717, 1.165) is 43.9 Å². The van der Waals surface area contributed by atoms with Gasteiger partial charge in [-0.3, -0.25) is 9.00 Å². The van der Waals surface area contributed by atoms with Crippen LogP contribution in [0.3, 0.4) is 0 Å². The molecule has 5 heteroatoms. The second-order valence-electron chi connectivity index (χ2n) is 5.83. The van der Waals surface area contributed by atoms with Crippen LogP contribution in [0.1, 0.15) is 33.1 Å². The van der Waals surface area contributed by atoms with Gasteiger partial charge >= 0.3 is 0 Å². The molecular weight excluding hydrogens is 248 g/mol. The lowest BCUT2D eigenvalue weighted by molar-refractivity contribution is -0.133. The fourth-order valence-electron chi connectivity index (χ4n) is 2.93. The van der Waals surface area contributed by atoms with E-state index in [1.165, 1.54) is 0 Å². The lowest BCUT2D eigenvalue weighted by Crippen LogP contribution is -2.50. The van der Waals surface area contributed by atoms with Gasteiger partial charge in [-0.15, -0.1) is 0 Å². The molecule has 0 spiro atoms. The number of carbonyl (C=O) groups is 1. The highest BCUT2D eigenvalue weighted by Crippen LogP contribution is 2.34. The lowest BCUT2D eigenvalue weighted by atomic mass is 9.75. The van der Waals surface area contributed by atoms with Crippen molar-refractivity contribution in [1.29, 1.82) is 0 Å². The summed E-state index contributed by atoms with van der Waals surface area (Å²) in [4.78, 5) is 12.5. The van der Waals surface area contributed by atoms with Crippen molar-refractivity contribution in [1.82, 2.24) is 10.6 Å². The predicted molar refractivity (Wildman–Crippen MR) is 73.8 cm³/mol. The molecule has 2 heterocycles. The summed E-state index contributed by atoms with van der Waals surface area (Å²) in [5.74, 6) is 2.01. The monoisotopic (exact) mass is 272 g/mol. The van der Waals surface area contributed by atoms with Crippen LogP contribution in [0.2, 0.25) is 0 Å². The highest BCUT2D eigenvalue weighted by atomic mass is 32.2. The van der Waals surface area contributed by atoms with Crippen molar-refractivity contribution in [2.24, 2.45) is 11.3 Å². The molecule has 1 atom stereocenters. The summed E-state index contributed by atoms with van der Waals surface area (Å²) in [6.07, 6.45) is 2.65. The van der Waals surface area contributed by atoms with Gasteiger partial charge in [0.15, 0.2) is 0 Å². The standard InChI is InChI=1S/C13H24N2O2S/c1-10(2)13(5-6-14-9-13)12(16)15-11-3-7-18(17)8-4-11/h10-11,14H,3-9H2,1-2H3,(H,15,16). The largest absolute Gasteiger partial charge is 0.353 e. The molecule has 0 aromatic heterocycles. The average molecular weight is 272 g/mol. The lowest BCUT2D eigenvalue weighted by Gasteiger charge is -2.34. The molecule has 0 bridgehead atoms. The molecule has 0 aromatic carbocycles. The van der Waals surface area contributed by atoms with E-state index < -0.39 is 10.8 Å². The topological polar surface area (TPSA) is 58.2 Å². The van der Waals surface area contributed by atoms with Crippen LogP contribution in [0, 0.1) is 11.3 Å². The Hall–Kier alpha value is -0.420. The molecule has 2 saturated heterocycles. The summed E-state index contributed by atoms with van der Waals surface area (Å²) in [6.45, 7) is 5.97. The summed E-state index contributed by atoms with van der Waals surface area (Å²) in [5.41, 5.74) is -0.239. The number of nitrogens with one attached hydrogen (secondary N) is 2.